The number of H-pyrrole nitrogens is 1. The Kier molecular flexibility index (Phi) is 6.87. The summed E-state index contributed by atoms with van der Waals surface area (Å²) in [5, 5.41) is 24.7. The van der Waals surface area contributed by atoms with E-state index in [2.05, 4.69) is 19.9 Å². The largest absolute Gasteiger partial charge is 0.455 e. The van der Waals surface area contributed by atoms with E-state index in [1.54, 1.807) is 18.5 Å². The molecular weight excluding hydrogens is 481 g/mol. The van der Waals surface area contributed by atoms with E-state index in [1.165, 1.54) is 18.2 Å². The zero-order chi connectivity index (χ0) is 24.1. The lowest BCUT2D eigenvalue weighted by atomic mass is 10.0. The van der Waals surface area contributed by atoms with Gasteiger partial charge in [-0.15, -0.1) is 0 Å². The van der Waals surface area contributed by atoms with Gasteiger partial charge in [-0.1, -0.05) is 17.4 Å². The Balaban J connectivity index is 1.65. The van der Waals surface area contributed by atoms with Crippen LogP contribution in [0.4, 0.5) is 9.52 Å². The molecule has 4 aromatic rings. The Hall–Kier alpha value is -3.79. The second-order valence-corrected chi connectivity index (χ2v) is 9.75. The molecule has 0 aliphatic rings. The van der Waals surface area contributed by atoms with Gasteiger partial charge < -0.3 is 9.84 Å². The van der Waals surface area contributed by atoms with Crippen LogP contribution in [-0.2, 0) is 16.4 Å². The van der Waals surface area contributed by atoms with Crippen molar-refractivity contribution in [2.24, 2.45) is 0 Å². The van der Waals surface area contributed by atoms with Crippen molar-refractivity contribution in [1.82, 2.24) is 15.2 Å². The number of nitrogens with one attached hydrogen (secondary N) is 2. The molecule has 2 aromatic carbocycles. The molecule has 0 saturated carbocycles. The minimum absolute atomic E-state index is 0.00399. The van der Waals surface area contributed by atoms with E-state index in [0.29, 0.717) is 29.9 Å². The van der Waals surface area contributed by atoms with Crippen molar-refractivity contribution in [3.05, 3.63) is 71.2 Å². The number of rotatable bonds is 9. The number of aliphatic hydroxyl groups is 1. The molecule has 0 aliphatic carbocycles. The quantitative estimate of drug-likeness (QED) is 0.315. The van der Waals surface area contributed by atoms with Gasteiger partial charge in [-0.2, -0.15) is 14.8 Å². The Morgan fingerprint density at radius 1 is 1.21 bits per heavy atom. The monoisotopic (exact) mass is 499 g/mol. The van der Waals surface area contributed by atoms with Gasteiger partial charge in [0, 0.05) is 23.9 Å². The van der Waals surface area contributed by atoms with Crippen LogP contribution in [0.3, 0.4) is 0 Å². The number of nitrogens with zero attached hydrogens (tertiary/aromatic N) is 3. The van der Waals surface area contributed by atoms with E-state index in [0.717, 1.165) is 22.9 Å². The number of aliphatic hydroxyl groups excluding tert-OH is 1. The molecule has 2 aromatic heterocycles. The first-order valence-electron chi connectivity index (χ1n) is 9.98. The predicted molar refractivity (Wildman–Crippen MR) is 124 cm³/mol. The van der Waals surface area contributed by atoms with Crippen LogP contribution in [-0.4, -0.2) is 35.3 Å². The summed E-state index contributed by atoms with van der Waals surface area (Å²) in [6, 6.07) is 11.3. The van der Waals surface area contributed by atoms with Gasteiger partial charge in [-0.3, -0.25) is 9.82 Å². The summed E-state index contributed by atoms with van der Waals surface area (Å²) in [5.41, 5.74) is 2.47. The van der Waals surface area contributed by atoms with Gasteiger partial charge in [0.25, 0.3) is 10.0 Å². The van der Waals surface area contributed by atoms with Crippen LogP contribution in [0, 0.1) is 16.5 Å². The first-order valence-corrected chi connectivity index (χ1v) is 12.3. The number of aryl methyl sites for hydroxylation is 1. The molecule has 0 fully saturated rings. The minimum Gasteiger partial charge on any atom is -0.455 e. The Labute approximate surface area is 198 Å². The summed E-state index contributed by atoms with van der Waals surface area (Å²) in [6.45, 7) is 0.0758. The third kappa shape index (κ3) is 5.23. The number of nitriles is 1. The average Bonchev–Trinajstić information content (AvgIpc) is 3.50. The maximum atomic E-state index is 13.1. The highest BCUT2D eigenvalue weighted by molar-refractivity contribution is 7.93. The van der Waals surface area contributed by atoms with Crippen molar-refractivity contribution < 1.29 is 22.7 Å². The molecule has 4 rings (SSSR count). The number of sulfonamides is 1. The van der Waals surface area contributed by atoms with Crippen LogP contribution in [0.15, 0.2) is 59.9 Å². The zero-order valence-corrected chi connectivity index (χ0v) is 19.2. The Morgan fingerprint density at radius 2 is 2.03 bits per heavy atom. The summed E-state index contributed by atoms with van der Waals surface area (Å²) < 4.78 is 46.6. The topological polar surface area (TPSA) is 141 Å². The number of anilines is 1. The zero-order valence-electron chi connectivity index (χ0n) is 17.5. The minimum atomic E-state index is -4.09. The molecule has 12 heteroatoms. The third-order valence-electron chi connectivity index (χ3n) is 4.78. The van der Waals surface area contributed by atoms with Crippen LogP contribution in [0.5, 0.6) is 11.5 Å². The van der Waals surface area contributed by atoms with Crippen LogP contribution >= 0.6 is 11.3 Å². The molecule has 0 bridgehead atoms. The fourth-order valence-corrected chi connectivity index (χ4v) is 4.99. The molecule has 9 nitrogen and oxygen atoms in total. The van der Waals surface area contributed by atoms with E-state index in [4.69, 9.17) is 9.84 Å². The van der Waals surface area contributed by atoms with Crippen molar-refractivity contribution in [2.75, 3.05) is 11.3 Å². The van der Waals surface area contributed by atoms with Gasteiger partial charge in [-0.05, 0) is 48.7 Å². The molecule has 2 heterocycles. The average molecular weight is 500 g/mol. The molecule has 0 unspecified atom stereocenters. The highest BCUT2D eigenvalue weighted by Crippen LogP contribution is 2.36. The highest BCUT2D eigenvalue weighted by atomic mass is 32.2. The number of aromatic nitrogens is 3. The Morgan fingerprint density at radius 3 is 2.71 bits per heavy atom. The summed E-state index contributed by atoms with van der Waals surface area (Å²) in [4.78, 5) is 3.45. The van der Waals surface area contributed by atoms with E-state index in [1.807, 2.05) is 18.2 Å². The van der Waals surface area contributed by atoms with E-state index in [9.17, 15) is 18.1 Å². The molecular formula is C22H18FN5O4S2. The van der Waals surface area contributed by atoms with Crippen LogP contribution < -0.4 is 9.46 Å². The van der Waals surface area contributed by atoms with Crippen molar-refractivity contribution in [2.45, 2.75) is 17.7 Å². The SMILES string of the molecule is N#Cc1cc(S(=O)(=O)Nc2ncc(F)s2)ccc1Oc1ccc(CCCO)cc1-c1cn[nH]c1. The number of thiazole rings is 1. The van der Waals surface area contributed by atoms with Crippen molar-refractivity contribution in [3.63, 3.8) is 0 Å². The summed E-state index contributed by atoms with van der Waals surface area (Å²) in [5.74, 6) is 0.604. The standard InChI is InChI=1S/C22H18FN5O4S2/c23-21-13-25-22(33-21)28-34(30,31)17-4-6-19(15(9-17)10-24)32-20-5-3-14(2-1-7-29)8-18(20)16-11-26-27-12-16/h3-6,8-9,11-13,29H,1-2,7H2,(H,25,28)(H,26,27). The summed E-state index contributed by atoms with van der Waals surface area (Å²) >= 11 is 0.551. The third-order valence-corrected chi connectivity index (χ3v) is 6.94. The highest BCUT2D eigenvalue weighted by Gasteiger charge is 2.20. The lowest BCUT2D eigenvalue weighted by Crippen LogP contribution is -2.13. The van der Waals surface area contributed by atoms with Gasteiger partial charge in [0.2, 0.25) is 0 Å². The number of aromatic amines is 1. The van der Waals surface area contributed by atoms with Gasteiger partial charge in [-0.25, -0.2) is 13.4 Å². The fourth-order valence-electron chi connectivity index (χ4n) is 3.18. The number of hydrogen-bond acceptors (Lipinski definition) is 8. The number of ether oxygens (including phenoxy) is 1. The van der Waals surface area contributed by atoms with Crippen LogP contribution in [0.1, 0.15) is 17.5 Å². The second kappa shape index (κ2) is 10.0. The van der Waals surface area contributed by atoms with Gasteiger partial charge >= 0.3 is 0 Å². The van der Waals surface area contributed by atoms with Crippen LogP contribution in [0.25, 0.3) is 11.1 Å². The normalized spacial score (nSPS) is 11.2. The molecule has 174 valence electrons. The fraction of sp³-hybridized carbons (Fsp3) is 0.136. The van der Waals surface area contributed by atoms with Crippen molar-refractivity contribution in [3.8, 4) is 28.7 Å². The molecule has 0 radical (unpaired) electrons. The molecule has 34 heavy (non-hydrogen) atoms. The summed E-state index contributed by atoms with van der Waals surface area (Å²) in [7, 11) is -4.09. The van der Waals surface area contributed by atoms with E-state index < -0.39 is 15.2 Å². The summed E-state index contributed by atoms with van der Waals surface area (Å²) in [6.07, 6.45) is 5.53. The molecule has 0 amide bonds. The van der Waals surface area contributed by atoms with Gasteiger partial charge in [0.15, 0.2) is 10.3 Å². The maximum absolute atomic E-state index is 13.1. The van der Waals surface area contributed by atoms with E-state index >= 15 is 0 Å². The van der Waals surface area contributed by atoms with E-state index in [-0.39, 0.29) is 27.9 Å². The first-order chi connectivity index (χ1) is 16.4. The molecule has 0 spiro atoms. The van der Waals surface area contributed by atoms with Gasteiger partial charge in [0.05, 0.1) is 22.9 Å². The van der Waals surface area contributed by atoms with Crippen molar-refractivity contribution >= 4 is 26.5 Å². The molecule has 0 saturated heterocycles. The van der Waals surface area contributed by atoms with Crippen molar-refractivity contribution in [1.29, 1.82) is 5.26 Å². The lowest BCUT2D eigenvalue weighted by molar-refractivity contribution is 0.288. The Bertz CT molecular complexity index is 1450. The first kappa shape index (κ1) is 23.4. The number of halogens is 1. The molecule has 0 aliphatic heterocycles. The van der Waals surface area contributed by atoms with Crippen LogP contribution in [0.2, 0.25) is 0 Å². The lowest BCUT2D eigenvalue weighted by Gasteiger charge is -2.14. The number of benzene rings is 2. The second-order valence-electron chi connectivity index (χ2n) is 7.09. The predicted octanol–water partition coefficient (Wildman–Crippen LogP) is 4.06. The molecule has 3 N–H and O–H groups in total. The molecule has 0 atom stereocenters. The maximum Gasteiger partial charge on any atom is 0.263 e. The number of hydrogen-bond donors (Lipinski definition) is 3. The smallest absolute Gasteiger partial charge is 0.263 e. The van der Waals surface area contributed by atoms with Gasteiger partial charge in [0.1, 0.15) is 17.6 Å².